The van der Waals surface area contributed by atoms with Gasteiger partial charge in [0, 0.05) is 17.7 Å². The van der Waals surface area contributed by atoms with Gasteiger partial charge in [-0.1, -0.05) is 17.3 Å². The summed E-state index contributed by atoms with van der Waals surface area (Å²) in [5.41, 5.74) is 3.00. The Hall–Kier alpha value is -2.63. The predicted octanol–water partition coefficient (Wildman–Crippen LogP) is 1.53. The molecule has 1 N–H and O–H groups in total. The van der Waals surface area contributed by atoms with E-state index in [-0.39, 0.29) is 17.9 Å². The first-order valence-electron chi connectivity index (χ1n) is 6.92. The summed E-state index contributed by atoms with van der Waals surface area (Å²) in [5.74, 6) is -0.759. The first-order chi connectivity index (χ1) is 10.4. The maximum atomic E-state index is 12.0. The van der Waals surface area contributed by atoms with Crippen LogP contribution < -0.4 is 10.4 Å². The second-order valence-corrected chi connectivity index (χ2v) is 5.17. The van der Waals surface area contributed by atoms with Gasteiger partial charge < -0.3 is 19.7 Å². The minimum Gasteiger partial charge on any atom is -0.545 e. The van der Waals surface area contributed by atoms with Gasteiger partial charge in [0.25, 0.3) is 0 Å². The Morgan fingerprint density at radius 1 is 1.27 bits per heavy atom. The minimum absolute atomic E-state index is 0.0339. The van der Waals surface area contributed by atoms with Crippen molar-refractivity contribution in [2.45, 2.75) is 33.6 Å². The summed E-state index contributed by atoms with van der Waals surface area (Å²) in [4.78, 5) is 22.9. The van der Waals surface area contributed by atoms with Crippen molar-refractivity contribution in [2.24, 2.45) is 0 Å². The molecule has 0 aliphatic carbocycles. The van der Waals surface area contributed by atoms with Crippen molar-refractivity contribution in [3.63, 3.8) is 0 Å². The minimum atomic E-state index is -1.27. The third kappa shape index (κ3) is 3.52. The SMILES string of the molecule is Cc1ccc(C(=O)[O-])cc1NC(=O)CCc1c(C)noc1C. The Morgan fingerprint density at radius 3 is 2.59 bits per heavy atom. The summed E-state index contributed by atoms with van der Waals surface area (Å²) in [6, 6.07) is 4.48. The molecule has 0 radical (unpaired) electrons. The van der Waals surface area contributed by atoms with E-state index in [1.54, 1.807) is 19.9 Å². The number of aryl methyl sites for hydroxylation is 3. The summed E-state index contributed by atoms with van der Waals surface area (Å²) in [6.07, 6.45) is 0.782. The number of carboxylic acids is 1. The van der Waals surface area contributed by atoms with Crippen LogP contribution in [0.2, 0.25) is 0 Å². The molecule has 1 amide bonds. The van der Waals surface area contributed by atoms with Gasteiger partial charge in [0.2, 0.25) is 5.91 Å². The molecule has 0 saturated heterocycles. The van der Waals surface area contributed by atoms with Crippen molar-refractivity contribution >= 4 is 17.6 Å². The quantitative estimate of drug-likeness (QED) is 0.903. The van der Waals surface area contributed by atoms with E-state index in [0.717, 1.165) is 16.8 Å². The van der Waals surface area contributed by atoms with Gasteiger partial charge in [-0.05, 0) is 44.4 Å². The fourth-order valence-corrected chi connectivity index (χ4v) is 2.19. The average Bonchev–Trinajstić information content (AvgIpc) is 2.78. The van der Waals surface area contributed by atoms with Gasteiger partial charge in [-0.25, -0.2) is 0 Å². The van der Waals surface area contributed by atoms with E-state index in [9.17, 15) is 14.7 Å². The molecule has 1 heterocycles. The monoisotopic (exact) mass is 301 g/mol. The van der Waals surface area contributed by atoms with Gasteiger partial charge in [-0.3, -0.25) is 4.79 Å². The Kier molecular flexibility index (Phi) is 4.60. The Labute approximate surface area is 128 Å². The van der Waals surface area contributed by atoms with Crippen LogP contribution in [0, 0.1) is 20.8 Å². The molecule has 6 heteroatoms. The van der Waals surface area contributed by atoms with Crippen LogP contribution in [-0.2, 0) is 11.2 Å². The van der Waals surface area contributed by atoms with Crippen molar-refractivity contribution < 1.29 is 19.2 Å². The van der Waals surface area contributed by atoms with Gasteiger partial charge >= 0.3 is 0 Å². The highest BCUT2D eigenvalue weighted by atomic mass is 16.5. The lowest BCUT2D eigenvalue weighted by molar-refractivity contribution is -0.255. The molecule has 116 valence electrons. The number of benzene rings is 1. The number of carbonyl (C=O) groups excluding carboxylic acids is 2. The molecule has 2 rings (SSSR count). The molecule has 0 aliphatic heterocycles. The van der Waals surface area contributed by atoms with Crippen LogP contribution in [0.1, 0.15) is 39.4 Å². The Bertz CT molecular complexity index is 699. The van der Waals surface area contributed by atoms with Crippen molar-refractivity contribution in [1.82, 2.24) is 5.16 Å². The van der Waals surface area contributed by atoms with Gasteiger partial charge in [0.05, 0.1) is 11.7 Å². The van der Waals surface area contributed by atoms with Crippen LogP contribution in [0.4, 0.5) is 5.69 Å². The lowest BCUT2D eigenvalue weighted by atomic mass is 10.1. The summed E-state index contributed by atoms with van der Waals surface area (Å²) in [6.45, 7) is 5.43. The number of anilines is 1. The normalized spacial score (nSPS) is 10.5. The van der Waals surface area contributed by atoms with Crippen molar-refractivity contribution in [3.8, 4) is 0 Å². The lowest BCUT2D eigenvalue weighted by Crippen LogP contribution is -2.22. The van der Waals surface area contributed by atoms with E-state index in [1.807, 2.05) is 6.92 Å². The van der Waals surface area contributed by atoms with Gasteiger partial charge in [0.15, 0.2) is 0 Å². The highest BCUT2D eigenvalue weighted by molar-refractivity contribution is 5.94. The molecule has 0 atom stereocenters. The van der Waals surface area contributed by atoms with Gasteiger partial charge in [-0.2, -0.15) is 0 Å². The fraction of sp³-hybridized carbons (Fsp3) is 0.312. The number of hydrogen-bond acceptors (Lipinski definition) is 5. The number of carboxylic acid groups (broad SMARTS) is 1. The Balaban J connectivity index is 2.03. The second-order valence-electron chi connectivity index (χ2n) is 5.17. The second kappa shape index (κ2) is 6.43. The number of nitrogens with one attached hydrogen (secondary N) is 1. The molecular formula is C16H17N2O4-. The Morgan fingerprint density at radius 2 is 2.00 bits per heavy atom. The smallest absolute Gasteiger partial charge is 0.224 e. The van der Waals surface area contributed by atoms with E-state index in [0.29, 0.717) is 17.9 Å². The number of aromatic nitrogens is 1. The predicted molar refractivity (Wildman–Crippen MR) is 78.4 cm³/mol. The van der Waals surface area contributed by atoms with E-state index < -0.39 is 5.97 Å². The number of rotatable bonds is 5. The fourth-order valence-electron chi connectivity index (χ4n) is 2.19. The van der Waals surface area contributed by atoms with Crippen LogP contribution in [0.5, 0.6) is 0 Å². The molecule has 0 aliphatic rings. The zero-order valence-electron chi connectivity index (χ0n) is 12.7. The molecule has 2 aromatic rings. The van der Waals surface area contributed by atoms with Crippen molar-refractivity contribution in [2.75, 3.05) is 5.32 Å². The molecule has 0 fully saturated rings. The van der Waals surface area contributed by atoms with Gasteiger partial charge in [0.1, 0.15) is 5.76 Å². The highest BCUT2D eigenvalue weighted by Gasteiger charge is 2.12. The third-order valence-corrected chi connectivity index (χ3v) is 3.53. The topological polar surface area (TPSA) is 95.3 Å². The molecule has 0 unspecified atom stereocenters. The van der Waals surface area contributed by atoms with Gasteiger partial charge in [-0.15, -0.1) is 0 Å². The standard InChI is InChI=1S/C16H18N2O4/c1-9-4-5-12(16(20)21)8-14(9)17-15(19)7-6-13-10(2)18-22-11(13)3/h4-5,8H,6-7H2,1-3H3,(H,17,19)(H,20,21)/p-1. The molecule has 0 saturated carbocycles. The summed E-state index contributed by atoms with van der Waals surface area (Å²) in [7, 11) is 0. The zero-order chi connectivity index (χ0) is 16.3. The third-order valence-electron chi connectivity index (χ3n) is 3.53. The molecule has 22 heavy (non-hydrogen) atoms. The molecule has 1 aromatic carbocycles. The summed E-state index contributed by atoms with van der Waals surface area (Å²) in [5, 5.41) is 17.4. The maximum absolute atomic E-state index is 12.0. The molecule has 6 nitrogen and oxygen atoms in total. The molecule has 1 aromatic heterocycles. The van der Waals surface area contributed by atoms with Crippen LogP contribution >= 0.6 is 0 Å². The average molecular weight is 301 g/mol. The first kappa shape index (κ1) is 15.8. The van der Waals surface area contributed by atoms with E-state index in [1.165, 1.54) is 12.1 Å². The number of carbonyl (C=O) groups is 2. The van der Waals surface area contributed by atoms with Crippen LogP contribution in [-0.4, -0.2) is 17.0 Å². The largest absolute Gasteiger partial charge is 0.545 e. The molecule has 0 bridgehead atoms. The molecule has 0 spiro atoms. The zero-order valence-corrected chi connectivity index (χ0v) is 12.7. The summed E-state index contributed by atoms with van der Waals surface area (Å²) >= 11 is 0. The number of amides is 1. The van der Waals surface area contributed by atoms with Crippen LogP contribution in [0.25, 0.3) is 0 Å². The number of nitrogens with zero attached hydrogens (tertiary/aromatic N) is 1. The maximum Gasteiger partial charge on any atom is 0.224 e. The van der Waals surface area contributed by atoms with Crippen molar-refractivity contribution in [1.29, 1.82) is 0 Å². The lowest BCUT2D eigenvalue weighted by Gasteiger charge is -2.11. The molecular weight excluding hydrogens is 284 g/mol. The highest BCUT2D eigenvalue weighted by Crippen LogP contribution is 2.18. The number of hydrogen-bond donors (Lipinski definition) is 1. The van der Waals surface area contributed by atoms with E-state index >= 15 is 0 Å². The van der Waals surface area contributed by atoms with Crippen LogP contribution in [0.3, 0.4) is 0 Å². The summed E-state index contributed by atoms with van der Waals surface area (Å²) < 4.78 is 5.05. The van der Waals surface area contributed by atoms with E-state index in [4.69, 9.17) is 4.52 Å². The van der Waals surface area contributed by atoms with Crippen LogP contribution in [0.15, 0.2) is 22.7 Å². The number of aromatic carboxylic acids is 1. The van der Waals surface area contributed by atoms with Crippen molar-refractivity contribution in [3.05, 3.63) is 46.3 Å². The van der Waals surface area contributed by atoms with E-state index in [2.05, 4.69) is 10.5 Å². The first-order valence-corrected chi connectivity index (χ1v) is 6.92.